The molecule has 2 heterocycles. The Morgan fingerprint density at radius 2 is 2.29 bits per heavy atom. The highest BCUT2D eigenvalue weighted by molar-refractivity contribution is 9.11. The smallest absolute Gasteiger partial charge is 0.251 e. The zero-order chi connectivity index (χ0) is 12.5. The number of thiophene rings is 1. The Morgan fingerprint density at radius 1 is 1.53 bits per heavy atom. The Morgan fingerprint density at radius 3 is 2.88 bits per heavy atom. The molecule has 1 atom stereocenters. The van der Waals surface area contributed by atoms with Crippen LogP contribution in [0.25, 0.3) is 0 Å². The summed E-state index contributed by atoms with van der Waals surface area (Å²) < 4.78 is 39.6. The molecule has 1 aromatic rings. The first-order valence-corrected chi connectivity index (χ1v) is 8.40. The average Bonchev–Trinajstić information content (AvgIpc) is 2.76. The van der Waals surface area contributed by atoms with Gasteiger partial charge in [0.05, 0.1) is 10.5 Å². The van der Waals surface area contributed by atoms with Gasteiger partial charge in [-0.3, -0.25) is 4.39 Å². The van der Waals surface area contributed by atoms with Crippen molar-refractivity contribution in [2.45, 2.75) is 17.1 Å². The van der Waals surface area contributed by atoms with Crippen molar-refractivity contribution in [3.63, 3.8) is 0 Å². The van der Waals surface area contributed by atoms with E-state index in [9.17, 15) is 12.8 Å². The van der Waals surface area contributed by atoms with Gasteiger partial charge < -0.3 is 0 Å². The monoisotopic (exact) mass is 341 g/mol. The summed E-state index contributed by atoms with van der Waals surface area (Å²) in [4.78, 5) is 0. The largest absolute Gasteiger partial charge is 0.252 e. The minimum absolute atomic E-state index is 0.151. The molecule has 0 spiro atoms. The second kappa shape index (κ2) is 5.34. The van der Waals surface area contributed by atoms with Gasteiger partial charge in [-0.15, -0.1) is 11.3 Å². The number of piperidine rings is 1. The van der Waals surface area contributed by atoms with Gasteiger partial charge in [0.25, 0.3) is 10.0 Å². The van der Waals surface area contributed by atoms with Crippen LogP contribution in [-0.4, -0.2) is 32.5 Å². The van der Waals surface area contributed by atoms with Crippen LogP contribution < -0.4 is 0 Å². The van der Waals surface area contributed by atoms with E-state index in [1.54, 1.807) is 12.1 Å². The van der Waals surface area contributed by atoms with Crippen molar-refractivity contribution in [3.8, 4) is 0 Å². The molecule has 0 N–H and O–H groups in total. The fraction of sp³-hybridized carbons (Fsp3) is 0.600. The first kappa shape index (κ1) is 13.5. The van der Waals surface area contributed by atoms with Gasteiger partial charge in [-0.2, -0.15) is 4.31 Å². The van der Waals surface area contributed by atoms with E-state index in [1.807, 2.05) is 0 Å². The van der Waals surface area contributed by atoms with Crippen molar-refractivity contribution in [2.75, 3.05) is 19.8 Å². The van der Waals surface area contributed by atoms with Gasteiger partial charge >= 0.3 is 0 Å². The number of nitrogens with zero attached hydrogens (tertiary/aromatic N) is 1. The zero-order valence-electron chi connectivity index (χ0n) is 9.10. The summed E-state index contributed by atoms with van der Waals surface area (Å²) in [6.45, 7) is 0.350. The molecule has 0 aliphatic carbocycles. The maximum Gasteiger partial charge on any atom is 0.252 e. The third-order valence-electron chi connectivity index (χ3n) is 2.84. The van der Waals surface area contributed by atoms with Crippen LogP contribution in [0.15, 0.2) is 20.1 Å². The first-order chi connectivity index (χ1) is 8.04. The number of halogens is 2. The van der Waals surface area contributed by atoms with Crippen LogP contribution in [0.4, 0.5) is 4.39 Å². The summed E-state index contributed by atoms with van der Waals surface area (Å²) in [5.74, 6) is -0.151. The fourth-order valence-corrected chi connectivity index (χ4v) is 5.65. The highest BCUT2D eigenvalue weighted by Crippen LogP contribution is 2.30. The second-order valence-electron chi connectivity index (χ2n) is 4.08. The van der Waals surface area contributed by atoms with Crippen molar-refractivity contribution in [3.05, 3.63) is 15.9 Å². The molecule has 2 rings (SSSR count). The van der Waals surface area contributed by atoms with Crippen molar-refractivity contribution in [2.24, 2.45) is 5.92 Å². The summed E-state index contributed by atoms with van der Waals surface area (Å²) in [7, 11) is -3.43. The lowest BCUT2D eigenvalue weighted by Crippen LogP contribution is -2.40. The van der Waals surface area contributed by atoms with Gasteiger partial charge in [-0.1, -0.05) is 0 Å². The van der Waals surface area contributed by atoms with Crippen LogP contribution in [0, 0.1) is 5.92 Å². The molecule has 96 valence electrons. The maximum absolute atomic E-state index is 12.6. The third-order valence-corrected chi connectivity index (χ3v) is 6.80. The van der Waals surface area contributed by atoms with E-state index >= 15 is 0 Å². The Kier molecular flexibility index (Phi) is 4.22. The van der Waals surface area contributed by atoms with E-state index in [-0.39, 0.29) is 5.92 Å². The van der Waals surface area contributed by atoms with Gasteiger partial charge in [0.2, 0.25) is 0 Å². The SMILES string of the molecule is O=S(=O)(c1ccc(Br)s1)N1CCCC(CF)C1. The molecule has 1 unspecified atom stereocenters. The summed E-state index contributed by atoms with van der Waals surface area (Å²) in [5.41, 5.74) is 0. The van der Waals surface area contributed by atoms with E-state index in [0.29, 0.717) is 17.3 Å². The quantitative estimate of drug-likeness (QED) is 0.847. The number of hydrogen-bond donors (Lipinski definition) is 0. The number of alkyl halides is 1. The first-order valence-electron chi connectivity index (χ1n) is 5.35. The van der Waals surface area contributed by atoms with E-state index in [1.165, 1.54) is 15.6 Å². The average molecular weight is 342 g/mol. The molecule has 1 fully saturated rings. The van der Waals surface area contributed by atoms with Crippen LogP contribution >= 0.6 is 27.3 Å². The van der Waals surface area contributed by atoms with Crippen molar-refractivity contribution >= 4 is 37.3 Å². The molecule has 7 heteroatoms. The Balaban J connectivity index is 2.21. The molecule has 0 amide bonds. The fourth-order valence-electron chi connectivity index (χ4n) is 1.93. The molecule has 1 aliphatic rings. The standard InChI is InChI=1S/C10H13BrFNO2S2/c11-9-3-4-10(16-9)17(14,15)13-5-1-2-8(6-12)7-13/h3-4,8H,1-2,5-7H2. The molecule has 1 aliphatic heterocycles. The molecule has 0 saturated carbocycles. The van der Waals surface area contributed by atoms with Gasteiger partial charge in [0.15, 0.2) is 0 Å². The number of rotatable bonds is 3. The molecule has 0 aromatic carbocycles. The third kappa shape index (κ3) is 2.89. The summed E-state index contributed by atoms with van der Waals surface area (Å²) >= 11 is 4.44. The minimum atomic E-state index is -3.43. The molecule has 1 saturated heterocycles. The van der Waals surface area contributed by atoms with Crippen molar-refractivity contribution < 1.29 is 12.8 Å². The van der Waals surface area contributed by atoms with Crippen molar-refractivity contribution in [1.29, 1.82) is 0 Å². The summed E-state index contributed by atoms with van der Waals surface area (Å²) in [6.07, 6.45) is 1.51. The second-order valence-corrected chi connectivity index (χ2v) is 8.71. The number of hydrogen-bond acceptors (Lipinski definition) is 3. The van der Waals surface area contributed by atoms with Gasteiger partial charge in [0, 0.05) is 19.0 Å². The van der Waals surface area contributed by atoms with Crippen molar-refractivity contribution in [1.82, 2.24) is 4.31 Å². The predicted octanol–water partition coefficient (Wildman–Crippen LogP) is 2.88. The van der Waals surface area contributed by atoms with E-state index in [0.717, 1.165) is 16.6 Å². The van der Waals surface area contributed by atoms with E-state index in [4.69, 9.17) is 0 Å². The van der Waals surface area contributed by atoms with Crippen LogP contribution in [0.2, 0.25) is 0 Å². The molecular weight excluding hydrogens is 329 g/mol. The predicted molar refractivity (Wildman–Crippen MR) is 69.5 cm³/mol. The van der Waals surface area contributed by atoms with Gasteiger partial charge in [0.1, 0.15) is 4.21 Å². The van der Waals surface area contributed by atoms with Crippen LogP contribution in [-0.2, 0) is 10.0 Å². The van der Waals surface area contributed by atoms with Crippen LogP contribution in [0.1, 0.15) is 12.8 Å². The molecular formula is C10H13BrFNO2S2. The zero-order valence-corrected chi connectivity index (χ0v) is 12.3. The minimum Gasteiger partial charge on any atom is -0.251 e. The Bertz CT molecular complexity index is 488. The normalized spacial score (nSPS) is 22.8. The van der Waals surface area contributed by atoms with Gasteiger partial charge in [-0.25, -0.2) is 8.42 Å². The summed E-state index contributed by atoms with van der Waals surface area (Å²) in [6, 6.07) is 3.30. The van der Waals surface area contributed by atoms with Gasteiger partial charge in [-0.05, 0) is 40.9 Å². The number of sulfonamides is 1. The van der Waals surface area contributed by atoms with E-state index in [2.05, 4.69) is 15.9 Å². The lowest BCUT2D eigenvalue weighted by molar-refractivity contribution is 0.226. The lowest BCUT2D eigenvalue weighted by atomic mass is 10.0. The molecule has 3 nitrogen and oxygen atoms in total. The topological polar surface area (TPSA) is 37.4 Å². The molecule has 0 radical (unpaired) electrons. The van der Waals surface area contributed by atoms with Crippen LogP contribution in [0.3, 0.4) is 0 Å². The Hall–Kier alpha value is 0.0200. The summed E-state index contributed by atoms with van der Waals surface area (Å²) in [5, 5.41) is 0. The highest BCUT2D eigenvalue weighted by atomic mass is 79.9. The molecule has 1 aromatic heterocycles. The lowest BCUT2D eigenvalue weighted by Gasteiger charge is -2.30. The van der Waals surface area contributed by atoms with Crippen LogP contribution in [0.5, 0.6) is 0 Å². The maximum atomic E-state index is 12.6. The molecule has 17 heavy (non-hydrogen) atoms. The Labute approximate surface area is 113 Å². The van der Waals surface area contributed by atoms with E-state index < -0.39 is 16.7 Å². The molecule has 0 bridgehead atoms. The highest BCUT2D eigenvalue weighted by Gasteiger charge is 2.31.